The highest BCUT2D eigenvalue weighted by Crippen LogP contribution is 2.47. The molecule has 2 aliphatic carbocycles. The molecule has 0 aromatic heterocycles. The minimum absolute atomic E-state index is 0.178. The molecule has 3 aliphatic rings. The van der Waals surface area contributed by atoms with Gasteiger partial charge in [0.2, 0.25) is 5.91 Å². The first kappa shape index (κ1) is 6.46. The SMILES string of the molecule is O=C1CCC2=CC3CC3C=C2N1. The zero-order valence-electron chi connectivity index (χ0n) is 6.84. The maximum Gasteiger partial charge on any atom is 0.224 e. The summed E-state index contributed by atoms with van der Waals surface area (Å²) in [7, 11) is 0. The van der Waals surface area contributed by atoms with E-state index >= 15 is 0 Å². The summed E-state index contributed by atoms with van der Waals surface area (Å²) in [6.07, 6.45) is 7.49. The van der Waals surface area contributed by atoms with Gasteiger partial charge in [-0.3, -0.25) is 4.79 Å². The van der Waals surface area contributed by atoms with Gasteiger partial charge in [0.1, 0.15) is 0 Å². The third kappa shape index (κ3) is 0.840. The summed E-state index contributed by atoms with van der Waals surface area (Å²) in [6, 6.07) is 0. The van der Waals surface area contributed by atoms with Gasteiger partial charge in [0.25, 0.3) is 0 Å². The number of hydrogen-bond acceptors (Lipinski definition) is 1. The zero-order valence-corrected chi connectivity index (χ0v) is 6.84. The summed E-state index contributed by atoms with van der Waals surface area (Å²) in [5.41, 5.74) is 2.47. The first-order valence-corrected chi connectivity index (χ1v) is 4.56. The van der Waals surface area contributed by atoms with Crippen LogP contribution in [-0.2, 0) is 4.79 Å². The van der Waals surface area contributed by atoms with Gasteiger partial charge < -0.3 is 5.32 Å². The Morgan fingerprint density at radius 3 is 3.00 bits per heavy atom. The second kappa shape index (κ2) is 2.00. The molecule has 0 bridgehead atoms. The standard InChI is InChI=1S/C10H11NO/c12-10-2-1-6-3-7-4-8(7)5-9(6)11-10/h3,5,7-8H,1-2,4H2,(H,11,12). The van der Waals surface area contributed by atoms with Gasteiger partial charge >= 0.3 is 0 Å². The van der Waals surface area contributed by atoms with Gasteiger partial charge in [-0.2, -0.15) is 0 Å². The largest absolute Gasteiger partial charge is 0.326 e. The van der Waals surface area contributed by atoms with E-state index in [-0.39, 0.29) is 5.91 Å². The molecule has 1 N–H and O–H groups in total. The average Bonchev–Trinajstić information content (AvgIpc) is 2.77. The number of fused-ring (bicyclic) bond motifs is 2. The van der Waals surface area contributed by atoms with Crippen LogP contribution in [0.15, 0.2) is 23.4 Å². The van der Waals surface area contributed by atoms with Crippen molar-refractivity contribution in [1.82, 2.24) is 5.32 Å². The van der Waals surface area contributed by atoms with Crippen LogP contribution < -0.4 is 5.32 Å². The van der Waals surface area contributed by atoms with Crippen molar-refractivity contribution in [1.29, 1.82) is 0 Å². The van der Waals surface area contributed by atoms with E-state index in [0.29, 0.717) is 6.42 Å². The van der Waals surface area contributed by atoms with E-state index in [2.05, 4.69) is 17.5 Å². The van der Waals surface area contributed by atoms with Crippen LogP contribution in [0.1, 0.15) is 19.3 Å². The first-order valence-electron chi connectivity index (χ1n) is 4.56. The normalized spacial score (nSPS) is 37.2. The molecular weight excluding hydrogens is 150 g/mol. The van der Waals surface area contributed by atoms with Gasteiger partial charge in [-0.1, -0.05) is 12.2 Å². The fourth-order valence-corrected chi connectivity index (χ4v) is 2.09. The van der Waals surface area contributed by atoms with E-state index in [1.54, 1.807) is 0 Å². The molecule has 2 nitrogen and oxygen atoms in total. The third-order valence-electron chi connectivity index (χ3n) is 2.93. The van der Waals surface area contributed by atoms with E-state index in [4.69, 9.17) is 0 Å². The van der Waals surface area contributed by atoms with E-state index in [1.165, 1.54) is 12.0 Å². The number of rotatable bonds is 0. The summed E-state index contributed by atoms with van der Waals surface area (Å²) < 4.78 is 0. The van der Waals surface area contributed by atoms with E-state index < -0.39 is 0 Å². The number of carbonyl (C=O) groups excluding carboxylic acids is 1. The highest BCUT2D eigenvalue weighted by atomic mass is 16.1. The van der Waals surface area contributed by atoms with Crippen molar-refractivity contribution in [3.05, 3.63) is 23.4 Å². The molecule has 2 atom stereocenters. The second-order valence-corrected chi connectivity index (χ2v) is 3.88. The Hall–Kier alpha value is -1.05. The number of allylic oxidation sites excluding steroid dienone is 3. The van der Waals surface area contributed by atoms with Gasteiger partial charge in [0.15, 0.2) is 0 Å². The predicted molar refractivity (Wildman–Crippen MR) is 45.1 cm³/mol. The van der Waals surface area contributed by atoms with Crippen LogP contribution in [0.2, 0.25) is 0 Å². The molecular formula is C10H11NO. The first-order chi connectivity index (χ1) is 5.83. The van der Waals surface area contributed by atoms with Crippen LogP contribution in [-0.4, -0.2) is 5.91 Å². The predicted octanol–water partition coefficient (Wildman–Crippen LogP) is 1.36. The molecule has 2 fully saturated rings. The Morgan fingerprint density at radius 1 is 1.25 bits per heavy atom. The smallest absolute Gasteiger partial charge is 0.224 e. The lowest BCUT2D eigenvalue weighted by Gasteiger charge is -2.21. The highest BCUT2D eigenvalue weighted by Gasteiger charge is 2.38. The lowest BCUT2D eigenvalue weighted by atomic mass is 9.96. The third-order valence-corrected chi connectivity index (χ3v) is 2.93. The van der Waals surface area contributed by atoms with Crippen molar-refractivity contribution < 1.29 is 4.79 Å². The molecule has 1 saturated heterocycles. The fraction of sp³-hybridized carbons (Fsp3) is 0.500. The Balaban J connectivity index is 1.96. The van der Waals surface area contributed by atoms with Crippen LogP contribution in [0.25, 0.3) is 0 Å². The van der Waals surface area contributed by atoms with E-state index in [1.807, 2.05) is 0 Å². The Kier molecular flexibility index (Phi) is 1.08. The number of nitrogens with one attached hydrogen (secondary N) is 1. The second-order valence-electron chi connectivity index (χ2n) is 3.88. The molecule has 1 saturated carbocycles. The van der Waals surface area contributed by atoms with Crippen molar-refractivity contribution in [2.24, 2.45) is 11.8 Å². The van der Waals surface area contributed by atoms with E-state index in [0.717, 1.165) is 24.0 Å². The van der Waals surface area contributed by atoms with Gasteiger partial charge in [-0.15, -0.1) is 0 Å². The molecule has 0 spiro atoms. The molecule has 1 aliphatic heterocycles. The highest BCUT2D eigenvalue weighted by molar-refractivity contribution is 5.81. The Labute approximate surface area is 71.3 Å². The molecule has 2 unspecified atom stereocenters. The molecule has 3 rings (SSSR count). The number of carbonyl (C=O) groups is 1. The average molecular weight is 161 g/mol. The molecule has 1 heterocycles. The maximum absolute atomic E-state index is 11.1. The number of piperidine rings is 1. The summed E-state index contributed by atoms with van der Waals surface area (Å²) in [6.45, 7) is 0. The summed E-state index contributed by atoms with van der Waals surface area (Å²) in [4.78, 5) is 11.1. The molecule has 2 heteroatoms. The molecule has 1 amide bonds. The van der Waals surface area contributed by atoms with Crippen LogP contribution >= 0.6 is 0 Å². The van der Waals surface area contributed by atoms with Crippen LogP contribution in [0.5, 0.6) is 0 Å². The maximum atomic E-state index is 11.1. The minimum atomic E-state index is 0.178. The topological polar surface area (TPSA) is 29.1 Å². The van der Waals surface area contributed by atoms with Gasteiger partial charge in [0, 0.05) is 12.1 Å². The summed E-state index contributed by atoms with van der Waals surface area (Å²) >= 11 is 0. The van der Waals surface area contributed by atoms with Crippen molar-refractivity contribution in [3.63, 3.8) is 0 Å². The minimum Gasteiger partial charge on any atom is -0.326 e. The molecule has 0 aromatic carbocycles. The van der Waals surface area contributed by atoms with Crippen molar-refractivity contribution in [2.75, 3.05) is 0 Å². The van der Waals surface area contributed by atoms with Gasteiger partial charge in [-0.25, -0.2) is 0 Å². The Morgan fingerprint density at radius 2 is 2.08 bits per heavy atom. The Bertz CT molecular complexity index is 314. The van der Waals surface area contributed by atoms with Gasteiger partial charge in [-0.05, 0) is 30.3 Å². The zero-order chi connectivity index (χ0) is 8.13. The number of amides is 1. The monoisotopic (exact) mass is 161 g/mol. The quantitative estimate of drug-likeness (QED) is 0.571. The lowest BCUT2D eigenvalue weighted by molar-refractivity contribution is -0.120. The van der Waals surface area contributed by atoms with Gasteiger partial charge in [0.05, 0.1) is 0 Å². The summed E-state index contributed by atoms with van der Waals surface area (Å²) in [5.74, 6) is 1.72. The lowest BCUT2D eigenvalue weighted by Crippen LogP contribution is -2.29. The molecule has 62 valence electrons. The van der Waals surface area contributed by atoms with Crippen molar-refractivity contribution in [3.8, 4) is 0 Å². The summed E-state index contributed by atoms with van der Waals surface area (Å²) in [5, 5.41) is 2.93. The molecule has 12 heavy (non-hydrogen) atoms. The molecule has 0 aromatic rings. The fourth-order valence-electron chi connectivity index (χ4n) is 2.09. The van der Waals surface area contributed by atoms with Crippen molar-refractivity contribution in [2.45, 2.75) is 19.3 Å². The number of hydrogen-bond donors (Lipinski definition) is 1. The molecule has 0 radical (unpaired) electrons. The van der Waals surface area contributed by atoms with Crippen LogP contribution in [0.4, 0.5) is 0 Å². The van der Waals surface area contributed by atoms with Crippen LogP contribution in [0.3, 0.4) is 0 Å². The van der Waals surface area contributed by atoms with E-state index in [9.17, 15) is 4.79 Å². The van der Waals surface area contributed by atoms with Crippen molar-refractivity contribution >= 4 is 5.91 Å². The van der Waals surface area contributed by atoms with Crippen LogP contribution in [0, 0.1) is 11.8 Å².